The standard InChI is InChI=1S/C3H5N3OS.ClH/c4-3(7)6-1-2-8-5-6;/h1-2,5H,(H2,4,7);1H. The summed E-state index contributed by atoms with van der Waals surface area (Å²) in [5.74, 6) is 0. The highest BCUT2D eigenvalue weighted by molar-refractivity contribution is 8.00. The van der Waals surface area contributed by atoms with Crippen molar-refractivity contribution in [2.75, 3.05) is 0 Å². The van der Waals surface area contributed by atoms with Crippen molar-refractivity contribution in [3.63, 3.8) is 0 Å². The normalized spacial score (nSPS) is 15.3. The fraction of sp³-hybridized carbons (Fsp3) is 0. The molecule has 0 saturated heterocycles. The number of primary amides is 1. The highest BCUT2D eigenvalue weighted by atomic mass is 35.5. The van der Waals surface area contributed by atoms with Gasteiger partial charge in [-0.15, -0.1) is 12.4 Å². The number of halogens is 1. The second-order valence-corrected chi connectivity index (χ2v) is 1.89. The minimum Gasteiger partial charge on any atom is -0.350 e. The van der Waals surface area contributed by atoms with E-state index in [1.165, 1.54) is 17.0 Å². The first kappa shape index (κ1) is 8.61. The van der Waals surface area contributed by atoms with Gasteiger partial charge in [-0.25, -0.2) is 9.80 Å². The highest BCUT2D eigenvalue weighted by Gasteiger charge is 2.07. The van der Waals surface area contributed by atoms with E-state index in [1.807, 2.05) is 0 Å². The van der Waals surface area contributed by atoms with Crippen molar-refractivity contribution in [2.45, 2.75) is 0 Å². The van der Waals surface area contributed by atoms with Gasteiger partial charge in [0.1, 0.15) is 0 Å². The van der Waals surface area contributed by atoms with Gasteiger partial charge in [0.05, 0.1) is 0 Å². The van der Waals surface area contributed by atoms with Crippen LogP contribution in [0, 0.1) is 0 Å². The lowest BCUT2D eigenvalue weighted by atomic mass is 10.9. The van der Waals surface area contributed by atoms with Crippen LogP contribution >= 0.6 is 24.4 Å². The molecule has 1 heterocycles. The molecule has 0 bridgehead atoms. The number of amides is 2. The molecule has 9 heavy (non-hydrogen) atoms. The van der Waals surface area contributed by atoms with Gasteiger partial charge < -0.3 is 5.73 Å². The van der Waals surface area contributed by atoms with E-state index >= 15 is 0 Å². The quantitative estimate of drug-likeness (QED) is 0.515. The fourth-order valence-corrected chi connectivity index (χ4v) is 0.835. The maximum absolute atomic E-state index is 10.2. The highest BCUT2D eigenvalue weighted by Crippen LogP contribution is 2.06. The molecule has 0 radical (unpaired) electrons. The summed E-state index contributed by atoms with van der Waals surface area (Å²) in [6.45, 7) is 0. The lowest BCUT2D eigenvalue weighted by Gasteiger charge is -2.06. The molecule has 1 aliphatic rings. The van der Waals surface area contributed by atoms with E-state index in [9.17, 15) is 4.79 Å². The van der Waals surface area contributed by atoms with Crippen LogP contribution in [0.4, 0.5) is 4.79 Å². The second kappa shape index (κ2) is 3.60. The number of hydrogen-bond acceptors (Lipinski definition) is 3. The first-order chi connectivity index (χ1) is 3.80. The molecule has 4 nitrogen and oxygen atoms in total. The lowest BCUT2D eigenvalue weighted by Crippen LogP contribution is -2.35. The molecule has 0 atom stereocenters. The Labute approximate surface area is 63.0 Å². The number of rotatable bonds is 0. The monoisotopic (exact) mass is 167 g/mol. The summed E-state index contributed by atoms with van der Waals surface area (Å²) in [6.07, 6.45) is 1.56. The minimum absolute atomic E-state index is 0. The summed E-state index contributed by atoms with van der Waals surface area (Å²) in [5, 5.41) is 2.93. The van der Waals surface area contributed by atoms with Gasteiger partial charge in [-0.1, -0.05) is 0 Å². The van der Waals surface area contributed by atoms with Crippen LogP contribution in [0.5, 0.6) is 0 Å². The molecule has 0 saturated carbocycles. The Bertz CT molecular complexity index is 139. The van der Waals surface area contributed by atoms with Gasteiger partial charge >= 0.3 is 6.03 Å². The number of carbonyl (C=O) groups is 1. The van der Waals surface area contributed by atoms with Crippen LogP contribution < -0.4 is 10.6 Å². The van der Waals surface area contributed by atoms with Crippen molar-refractivity contribution in [2.24, 2.45) is 5.73 Å². The van der Waals surface area contributed by atoms with Crippen LogP contribution in [-0.4, -0.2) is 11.0 Å². The zero-order chi connectivity index (χ0) is 5.98. The van der Waals surface area contributed by atoms with Crippen molar-refractivity contribution >= 4 is 30.4 Å². The molecule has 0 spiro atoms. The van der Waals surface area contributed by atoms with Crippen molar-refractivity contribution in [3.05, 3.63) is 11.6 Å². The van der Waals surface area contributed by atoms with E-state index in [-0.39, 0.29) is 12.4 Å². The van der Waals surface area contributed by atoms with Crippen molar-refractivity contribution < 1.29 is 4.79 Å². The summed E-state index contributed by atoms with van der Waals surface area (Å²) in [5.41, 5.74) is 4.86. The second-order valence-electron chi connectivity index (χ2n) is 1.20. The van der Waals surface area contributed by atoms with E-state index < -0.39 is 6.03 Å². The van der Waals surface area contributed by atoms with Gasteiger partial charge in [-0.05, 0) is 11.9 Å². The Hall–Kier alpha value is -0.390. The largest absolute Gasteiger partial charge is 0.350 e. The molecule has 0 aromatic rings. The van der Waals surface area contributed by atoms with Gasteiger partial charge in [0.15, 0.2) is 0 Å². The predicted molar refractivity (Wildman–Crippen MR) is 38.5 cm³/mol. The summed E-state index contributed by atoms with van der Waals surface area (Å²) in [6, 6.07) is -0.494. The van der Waals surface area contributed by atoms with Crippen LogP contribution in [0.2, 0.25) is 0 Å². The van der Waals surface area contributed by atoms with Crippen LogP contribution in [0.15, 0.2) is 11.6 Å². The third-order valence-electron chi connectivity index (χ3n) is 0.666. The topological polar surface area (TPSA) is 58.4 Å². The van der Waals surface area contributed by atoms with Crippen molar-refractivity contribution in [1.29, 1.82) is 0 Å². The Morgan fingerprint density at radius 2 is 2.44 bits per heavy atom. The molecule has 3 N–H and O–H groups in total. The molecular weight excluding hydrogens is 162 g/mol. The lowest BCUT2D eigenvalue weighted by molar-refractivity contribution is 0.221. The Morgan fingerprint density at radius 1 is 1.78 bits per heavy atom. The van der Waals surface area contributed by atoms with Gasteiger partial charge in [0.25, 0.3) is 0 Å². The van der Waals surface area contributed by atoms with Gasteiger partial charge in [0, 0.05) is 11.6 Å². The average molecular weight is 168 g/mol. The molecule has 0 aliphatic carbocycles. The zero-order valence-electron chi connectivity index (χ0n) is 4.40. The Kier molecular flexibility index (Phi) is 3.44. The van der Waals surface area contributed by atoms with Crippen molar-refractivity contribution in [3.8, 4) is 0 Å². The van der Waals surface area contributed by atoms with Crippen LogP contribution in [0.3, 0.4) is 0 Å². The minimum atomic E-state index is -0.494. The van der Waals surface area contributed by atoms with Crippen LogP contribution in [0.1, 0.15) is 0 Å². The fourth-order valence-electron chi connectivity index (χ4n) is 0.327. The predicted octanol–water partition coefficient (Wildman–Crippen LogP) is 0.427. The molecule has 1 rings (SSSR count). The number of hydrogen-bond donors (Lipinski definition) is 2. The average Bonchev–Trinajstić information content (AvgIpc) is 2.12. The SMILES string of the molecule is Cl.NC(=O)N1C=CSN1. The maximum atomic E-state index is 10.2. The number of hydrazine groups is 1. The van der Waals surface area contributed by atoms with E-state index in [1.54, 1.807) is 11.6 Å². The molecular formula is C3H6ClN3OS. The van der Waals surface area contributed by atoms with Gasteiger partial charge in [-0.3, -0.25) is 0 Å². The number of nitrogens with one attached hydrogen (secondary N) is 1. The third kappa shape index (κ3) is 2.13. The molecule has 2 amide bonds. The molecule has 6 heteroatoms. The summed E-state index contributed by atoms with van der Waals surface area (Å²) < 4.78 is 0. The summed E-state index contributed by atoms with van der Waals surface area (Å²) in [4.78, 5) is 12.8. The van der Waals surface area contributed by atoms with E-state index in [2.05, 4.69) is 4.83 Å². The first-order valence-corrected chi connectivity index (χ1v) is 2.85. The molecule has 52 valence electrons. The number of nitrogens with two attached hydrogens (primary N) is 1. The van der Waals surface area contributed by atoms with Gasteiger partial charge in [0.2, 0.25) is 0 Å². The Morgan fingerprint density at radius 3 is 2.67 bits per heavy atom. The maximum Gasteiger partial charge on any atom is 0.334 e. The van der Waals surface area contributed by atoms with Gasteiger partial charge in [-0.2, -0.15) is 4.83 Å². The smallest absolute Gasteiger partial charge is 0.334 e. The van der Waals surface area contributed by atoms with Crippen molar-refractivity contribution in [1.82, 2.24) is 9.84 Å². The molecule has 0 unspecified atom stereocenters. The molecule has 0 aromatic carbocycles. The van der Waals surface area contributed by atoms with E-state index in [4.69, 9.17) is 5.73 Å². The molecule has 0 aromatic heterocycles. The van der Waals surface area contributed by atoms with Crippen LogP contribution in [-0.2, 0) is 0 Å². The summed E-state index contributed by atoms with van der Waals surface area (Å²) in [7, 11) is 0. The van der Waals surface area contributed by atoms with Crippen LogP contribution in [0.25, 0.3) is 0 Å². The number of urea groups is 1. The summed E-state index contributed by atoms with van der Waals surface area (Å²) >= 11 is 1.31. The zero-order valence-corrected chi connectivity index (χ0v) is 6.04. The first-order valence-electron chi connectivity index (χ1n) is 1.97. The third-order valence-corrected chi connectivity index (χ3v) is 1.23. The molecule has 1 aliphatic heterocycles. The molecule has 0 fully saturated rings. The Balaban J connectivity index is 0.000000640. The van der Waals surface area contributed by atoms with E-state index in [0.717, 1.165) is 0 Å². The number of nitrogens with zero attached hydrogens (tertiary/aromatic N) is 1. The number of carbonyl (C=O) groups excluding carboxylic acids is 1. The van der Waals surface area contributed by atoms with E-state index in [0.29, 0.717) is 0 Å².